The van der Waals surface area contributed by atoms with Crippen molar-refractivity contribution >= 4 is 11.8 Å². The Bertz CT molecular complexity index is 677. The maximum Gasteiger partial charge on any atom is 0.242 e. The van der Waals surface area contributed by atoms with Crippen molar-refractivity contribution in [3.63, 3.8) is 0 Å². The van der Waals surface area contributed by atoms with Crippen molar-refractivity contribution in [2.24, 2.45) is 5.92 Å². The van der Waals surface area contributed by atoms with Crippen molar-refractivity contribution in [3.05, 3.63) is 71.8 Å². The Morgan fingerprint density at radius 1 is 0.889 bits per heavy atom. The second-order valence-corrected chi connectivity index (χ2v) is 6.77. The Labute approximate surface area is 161 Å². The van der Waals surface area contributed by atoms with Crippen molar-refractivity contribution in [3.8, 4) is 0 Å². The highest BCUT2D eigenvalue weighted by atomic mass is 16.5. The molecule has 27 heavy (non-hydrogen) atoms. The van der Waals surface area contributed by atoms with E-state index in [0.29, 0.717) is 13.2 Å². The number of amides is 2. The molecule has 2 aromatic rings. The fraction of sp³-hybridized carbons (Fsp3) is 0.364. The summed E-state index contributed by atoms with van der Waals surface area (Å²) in [6, 6.07) is 18.6. The number of nitrogens with one attached hydrogen (secondary N) is 2. The lowest BCUT2D eigenvalue weighted by Gasteiger charge is -2.25. The second kappa shape index (κ2) is 10.5. The van der Waals surface area contributed by atoms with E-state index < -0.39 is 12.0 Å². The average molecular weight is 368 g/mol. The number of hydrogen-bond acceptors (Lipinski definition) is 3. The first-order valence-corrected chi connectivity index (χ1v) is 9.21. The Balaban J connectivity index is 2.22. The Hall–Kier alpha value is -2.66. The van der Waals surface area contributed by atoms with Gasteiger partial charge in [-0.25, -0.2) is 0 Å². The quantitative estimate of drug-likeness (QED) is 0.669. The highest BCUT2D eigenvalue weighted by molar-refractivity contribution is 5.92. The van der Waals surface area contributed by atoms with E-state index in [1.807, 2.05) is 74.5 Å². The molecule has 5 nitrogen and oxygen atoms in total. The number of hydrogen-bond donors (Lipinski definition) is 2. The van der Waals surface area contributed by atoms with Crippen LogP contribution in [-0.2, 0) is 14.3 Å². The van der Waals surface area contributed by atoms with Crippen LogP contribution in [0.1, 0.15) is 30.9 Å². The summed E-state index contributed by atoms with van der Waals surface area (Å²) in [7, 11) is 1.58. The maximum absolute atomic E-state index is 13.2. The number of carbonyl (C=O) groups is 2. The van der Waals surface area contributed by atoms with Crippen LogP contribution in [-0.4, -0.2) is 38.1 Å². The minimum atomic E-state index is -0.607. The van der Waals surface area contributed by atoms with Gasteiger partial charge in [-0.2, -0.15) is 0 Å². The molecule has 0 fully saturated rings. The smallest absolute Gasteiger partial charge is 0.242 e. The lowest BCUT2D eigenvalue weighted by molar-refractivity contribution is -0.130. The molecule has 0 aliphatic rings. The lowest BCUT2D eigenvalue weighted by atomic mass is 9.89. The van der Waals surface area contributed by atoms with Gasteiger partial charge in [0.15, 0.2) is 0 Å². The summed E-state index contributed by atoms with van der Waals surface area (Å²) in [5.41, 5.74) is 1.78. The van der Waals surface area contributed by atoms with E-state index in [-0.39, 0.29) is 17.7 Å². The molecule has 2 N–H and O–H groups in total. The zero-order valence-electron chi connectivity index (χ0n) is 16.1. The van der Waals surface area contributed by atoms with Crippen LogP contribution < -0.4 is 10.6 Å². The summed E-state index contributed by atoms with van der Waals surface area (Å²) in [6.07, 6.45) is 0. The largest absolute Gasteiger partial charge is 0.383 e. The third-order valence-electron chi connectivity index (χ3n) is 4.38. The van der Waals surface area contributed by atoms with Gasteiger partial charge in [-0.15, -0.1) is 0 Å². The molecule has 0 heterocycles. The zero-order chi connectivity index (χ0) is 19.6. The Morgan fingerprint density at radius 3 is 1.85 bits per heavy atom. The first kappa shape index (κ1) is 20.6. The average Bonchev–Trinajstić information content (AvgIpc) is 2.68. The van der Waals surface area contributed by atoms with Gasteiger partial charge in [-0.1, -0.05) is 74.5 Å². The number of carbonyl (C=O) groups excluding carboxylic acids is 2. The lowest BCUT2D eigenvalue weighted by Crippen LogP contribution is -2.51. The summed E-state index contributed by atoms with van der Waals surface area (Å²) in [5, 5.41) is 5.76. The molecule has 144 valence electrons. The molecular formula is C22H28N2O3. The highest BCUT2D eigenvalue weighted by Crippen LogP contribution is 2.25. The minimum Gasteiger partial charge on any atom is -0.383 e. The molecule has 2 rings (SSSR count). The van der Waals surface area contributed by atoms with Crippen LogP contribution in [0.15, 0.2) is 60.7 Å². The molecule has 5 heteroatoms. The van der Waals surface area contributed by atoms with Crippen LogP contribution in [0.2, 0.25) is 0 Å². The Kier molecular flexibility index (Phi) is 8.01. The third-order valence-corrected chi connectivity index (χ3v) is 4.38. The molecule has 0 unspecified atom stereocenters. The van der Waals surface area contributed by atoms with Crippen LogP contribution in [0.5, 0.6) is 0 Å². The SMILES string of the molecule is COCCNC(=O)[C@@H](NC(=O)C(c1ccccc1)c1ccccc1)C(C)C. The number of rotatable bonds is 9. The maximum atomic E-state index is 13.2. The molecule has 2 aromatic carbocycles. The molecule has 0 spiro atoms. The molecule has 0 aromatic heterocycles. The predicted octanol–water partition coefficient (Wildman–Crippen LogP) is 2.72. The highest BCUT2D eigenvalue weighted by Gasteiger charge is 2.29. The molecule has 0 bridgehead atoms. The summed E-state index contributed by atoms with van der Waals surface area (Å²) in [5.74, 6) is -0.896. The van der Waals surface area contributed by atoms with E-state index in [0.717, 1.165) is 11.1 Å². The van der Waals surface area contributed by atoms with Crippen LogP contribution in [0.3, 0.4) is 0 Å². The van der Waals surface area contributed by atoms with E-state index in [9.17, 15) is 9.59 Å². The molecule has 0 radical (unpaired) electrons. The number of ether oxygens (including phenoxy) is 1. The van der Waals surface area contributed by atoms with E-state index in [2.05, 4.69) is 10.6 Å². The number of methoxy groups -OCH3 is 1. The van der Waals surface area contributed by atoms with E-state index in [1.54, 1.807) is 7.11 Å². The summed E-state index contributed by atoms with van der Waals surface area (Å²) in [4.78, 5) is 25.7. The molecule has 1 atom stereocenters. The summed E-state index contributed by atoms with van der Waals surface area (Å²) < 4.78 is 4.97. The first-order chi connectivity index (χ1) is 13.0. The van der Waals surface area contributed by atoms with Gasteiger partial charge in [0.05, 0.1) is 12.5 Å². The van der Waals surface area contributed by atoms with Crippen molar-refractivity contribution in [2.75, 3.05) is 20.3 Å². The minimum absolute atomic E-state index is 0.0382. The molecular weight excluding hydrogens is 340 g/mol. The van der Waals surface area contributed by atoms with E-state index >= 15 is 0 Å². The van der Waals surface area contributed by atoms with Crippen molar-refractivity contribution < 1.29 is 14.3 Å². The first-order valence-electron chi connectivity index (χ1n) is 9.21. The predicted molar refractivity (Wildman–Crippen MR) is 106 cm³/mol. The second-order valence-electron chi connectivity index (χ2n) is 6.77. The van der Waals surface area contributed by atoms with Gasteiger partial charge in [0.25, 0.3) is 0 Å². The zero-order valence-corrected chi connectivity index (χ0v) is 16.1. The normalized spacial score (nSPS) is 12.0. The van der Waals surface area contributed by atoms with Crippen molar-refractivity contribution in [2.45, 2.75) is 25.8 Å². The summed E-state index contributed by atoms with van der Waals surface area (Å²) >= 11 is 0. The Morgan fingerprint density at radius 2 is 1.41 bits per heavy atom. The summed E-state index contributed by atoms with van der Waals surface area (Å²) in [6.45, 7) is 4.68. The van der Waals surface area contributed by atoms with Crippen molar-refractivity contribution in [1.82, 2.24) is 10.6 Å². The molecule has 0 saturated heterocycles. The monoisotopic (exact) mass is 368 g/mol. The van der Waals surface area contributed by atoms with Gasteiger partial charge in [0.2, 0.25) is 11.8 Å². The molecule has 2 amide bonds. The van der Waals surface area contributed by atoms with Crippen LogP contribution in [0.4, 0.5) is 0 Å². The van der Waals surface area contributed by atoms with Crippen LogP contribution in [0.25, 0.3) is 0 Å². The molecule has 0 aliphatic heterocycles. The molecule has 0 aliphatic carbocycles. The topological polar surface area (TPSA) is 67.4 Å². The standard InChI is InChI=1S/C22H28N2O3/c1-16(2)20(22(26)23-14-15-27-3)24-21(25)19(17-10-6-4-7-11-17)18-12-8-5-9-13-18/h4-13,16,19-20H,14-15H2,1-3H3,(H,23,26)(H,24,25)/t20-/m0/s1. The van der Waals surface area contributed by atoms with Crippen molar-refractivity contribution in [1.29, 1.82) is 0 Å². The molecule has 0 saturated carbocycles. The van der Waals surface area contributed by atoms with Gasteiger partial charge in [0.1, 0.15) is 6.04 Å². The fourth-order valence-corrected chi connectivity index (χ4v) is 2.94. The van der Waals surface area contributed by atoms with Crippen LogP contribution in [0, 0.1) is 5.92 Å². The van der Waals surface area contributed by atoms with Gasteiger partial charge in [0, 0.05) is 13.7 Å². The number of benzene rings is 2. The van der Waals surface area contributed by atoms with Crippen LogP contribution >= 0.6 is 0 Å². The van der Waals surface area contributed by atoms with Gasteiger partial charge in [-0.05, 0) is 17.0 Å². The van der Waals surface area contributed by atoms with E-state index in [4.69, 9.17) is 4.74 Å². The van der Waals surface area contributed by atoms with Gasteiger partial charge < -0.3 is 15.4 Å². The van der Waals surface area contributed by atoms with E-state index in [1.165, 1.54) is 0 Å². The van der Waals surface area contributed by atoms with Gasteiger partial charge in [-0.3, -0.25) is 9.59 Å². The van der Waals surface area contributed by atoms with Gasteiger partial charge >= 0.3 is 0 Å². The third kappa shape index (κ3) is 5.93. The fourth-order valence-electron chi connectivity index (χ4n) is 2.94.